The lowest BCUT2D eigenvalue weighted by molar-refractivity contribution is -0.132. The van der Waals surface area contributed by atoms with Gasteiger partial charge in [0.15, 0.2) is 0 Å². The second-order valence-corrected chi connectivity index (χ2v) is 9.70. The fourth-order valence-electron chi connectivity index (χ4n) is 4.23. The topological polar surface area (TPSA) is 61.4 Å². The maximum absolute atomic E-state index is 13.1. The van der Waals surface area contributed by atoms with Gasteiger partial charge < -0.3 is 15.5 Å². The van der Waals surface area contributed by atoms with Gasteiger partial charge in [-0.25, -0.2) is 0 Å². The lowest BCUT2D eigenvalue weighted by atomic mass is 9.97. The maximum Gasteiger partial charge on any atom is 0.240 e. The SMILES string of the molecule is O=C(NCC1CCCN(C(=O)C2SCCc3sccc32)C1)C1CCCN1. The predicted molar refractivity (Wildman–Crippen MR) is 107 cm³/mol. The fraction of sp³-hybridized carbons (Fsp3) is 0.684. The van der Waals surface area contributed by atoms with Crippen molar-refractivity contribution >= 4 is 34.9 Å². The van der Waals surface area contributed by atoms with E-state index in [9.17, 15) is 9.59 Å². The first-order chi connectivity index (χ1) is 12.7. The van der Waals surface area contributed by atoms with Crippen molar-refractivity contribution in [3.8, 4) is 0 Å². The van der Waals surface area contributed by atoms with Crippen LogP contribution in [0.25, 0.3) is 0 Å². The van der Waals surface area contributed by atoms with Gasteiger partial charge in [-0.15, -0.1) is 23.1 Å². The number of nitrogens with one attached hydrogen (secondary N) is 2. The fourth-order valence-corrected chi connectivity index (χ4v) is 6.60. The molecule has 7 heteroatoms. The van der Waals surface area contributed by atoms with Crippen LogP contribution in [0.2, 0.25) is 0 Å². The number of rotatable bonds is 4. The average molecular weight is 394 g/mol. The molecule has 142 valence electrons. The second-order valence-electron chi connectivity index (χ2n) is 7.49. The van der Waals surface area contributed by atoms with Crippen LogP contribution in [0.5, 0.6) is 0 Å². The Hall–Kier alpha value is -1.05. The Kier molecular flexibility index (Phi) is 5.86. The molecular formula is C19H27N3O2S2. The van der Waals surface area contributed by atoms with Crippen molar-refractivity contribution < 1.29 is 9.59 Å². The smallest absolute Gasteiger partial charge is 0.240 e. The number of likely N-dealkylation sites (tertiary alicyclic amines) is 1. The number of thioether (sulfide) groups is 1. The minimum atomic E-state index is -0.0268. The molecule has 0 bridgehead atoms. The van der Waals surface area contributed by atoms with Crippen molar-refractivity contribution in [1.29, 1.82) is 0 Å². The Balaban J connectivity index is 1.32. The molecule has 4 rings (SSSR count). The zero-order chi connectivity index (χ0) is 17.9. The highest BCUT2D eigenvalue weighted by Gasteiger charge is 2.34. The molecule has 3 atom stereocenters. The van der Waals surface area contributed by atoms with Crippen molar-refractivity contribution in [1.82, 2.24) is 15.5 Å². The average Bonchev–Trinajstić information content (AvgIpc) is 3.37. The lowest BCUT2D eigenvalue weighted by Gasteiger charge is -2.36. The van der Waals surface area contributed by atoms with E-state index in [1.54, 1.807) is 23.1 Å². The standard InChI is InChI=1S/C19H27N3O2S2/c23-18(15-4-1-7-20-15)21-11-13-3-2-8-22(12-13)19(24)17-14-5-9-25-16(14)6-10-26-17/h5,9,13,15,17,20H,1-4,6-8,10-12H2,(H,21,23). The molecule has 0 radical (unpaired) electrons. The van der Waals surface area contributed by atoms with Crippen molar-refractivity contribution in [2.75, 3.05) is 31.9 Å². The first-order valence-corrected chi connectivity index (χ1v) is 11.6. The summed E-state index contributed by atoms with van der Waals surface area (Å²) >= 11 is 3.57. The molecule has 0 saturated carbocycles. The summed E-state index contributed by atoms with van der Waals surface area (Å²) in [5.41, 5.74) is 1.24. The monoisotopic (exact) mass is 393 g/mol. The number of thiophene rings is 1. The summed E-state index contributed by atoms with van der Waals surface area (Å²) in [5, 5.41) is 8.43. The molecule has 1 aromatic rings. The van der Waals surface area contributed by atoms with Gasteiger partial charge in [0.05, 0.1) is 6.04 Å². The summed E-state index contributed by atoms with van der Waals surface area (Å²) in [5.74, 6) is 1.79. The molecule has 2 saturated heterocycles. The highest BCUT2D eigenvalue weighted by Crippen LogP contribution is 2.40. The number of nitrogens with zero attached hydrogens (tertiary/aromatic N) is 1. The van der Waals surface area contributed by atoms with Gasteiger partial charge in [-0.05, 0) is 67.3 Å². The number of hydrogen-bond acceptors (Lipinski definition) is 5. The van der Waals surface area contributed by atoms with Crippen LogP contribution < -0.4 is 10.6 Å². The van der Waals surface area contributed by atoms with Gasteiger partial charge in [-0.1, -0.05) is 0 Å². The third-order valence-corrected chi connectivity index (χ3v) is 7.90. The summed E-state index contributed by atoms with van der Waals surface area (Å²) in [7, 11) is 0. The molecule has 3 aliphatic rings. The van der Waals surface area contributed by atoms with E-state index in [2.05, 4.69) is 22.1 Å². The van der Waals surface area contributed by atoms with Crippen LogP contribution in [0.4, 0.5) is 0 Å². The number of amides is 2. The van der Waals surface area contributed by atoms with Crippen LogP contribution in [-0.4, -0.2) is 54.7 Å². The normalized spacial score (nSPS) is 28.6. The van der Waals surface area contributed by atoms with Crippen LogP contribution in [0.1, 0.15) is 41.4 Å². The van der Waals surface area contributed by atoms with Crippen LogP contribution in [-0.2, 0) is 16.0 Å². The third-order valence-electron chi connectivity index (χ3n) is 5.67. The molecule has 2 fully saturated rings. The van der Waals surface area contributed by atoms with E-state index in [0.29, 0.717) is 12.5 Å². The van der Waals surface area contributed by atoms with Gasteiger partial charge in [0.25, 0.3) is 0 Å². The Morgan fingerprint density at radius 2 is 2.23 bits per heavy atom. The van der Waals surface area contributed by atoms with Crippen LogP contribution >= 0.6 is 23.1 Å². The first kappa shape index (κ1) is 18.3. The quantitative estimate of drug-likeness (QED) is 0.823. The summed E-state index contributed by atoms with van der Waals surface area (Å²) < 4.78 is 0. The van der Waals surface area contributed by atoms with E-state index in [4.69, 9.17) is 0 Å². The van der Waals surface area contributed by atoms with Crippen molar-refractivity contribution in [3.63, 3.8) is 0 Å². The zero-order valence-electron chi connectivity index (χ0n) is 15.0. The van der Waals surface area contributed by atoms with Gasteiger partial charge in [0.1, 0.15) is 5.25 Å². The van der Waals surface area contributed by atoms with Gasteiger partial charge in [-0.3, -0.25) is 9.59 Å². The van der Waals surface area contributed by atoms with E-state index < -0.39 is 0 Å². The minimum Gasteiger partial charge on any atom is -0.354 e. The molecule has 3 aliphatic heterocycles. The Morgan fingerprint density at radius 3 is 3.08 bits per heavy atom. The van der Waals surface area contributed by atoms with E-state index in [0.717, 1.165) is 57.5 Å². The molecule has 0 aliphatic carbocycles. The zero-order valence-corrected chi connectivity index (χ0v) is 16.7. The van der Waals surface area contributed by atoms with Crippen molar-refractivity contribution in [3.05, 3.63) is 21.9 Å². The highest BCUT2D eigenvalue weighted by atomic mass is 32.2. The number of carbonyl (C=O) groups excluding carboxylic acids is 2. The number of piperidine rings is 1. The number of fused-ring (bicyclic) bond motifs is 1. The van der Waals surface area contributed by atoms with E-state index in [1.807, 2.05) is 4.90 Å². The molecular weight excluding hydrogens is 366 g/mol. The predicted octanol–water partition coefficient (Wildman–Crippen LogP) is 2.19. The summed E-state index contributed by atoms with van der Waals surface area (Å²) in [4.78, 5) is 28.7. The van der Waals surface area contributed by atoms with Crippen LogP contribution in [0.3, 0.4) is 0 Å². The number of aryl methyl sites for hydroxylation is 1. The summed E-state index contributed by atoms with van der Waals surface area (Å²) in [6, 6.07) is 2.11. The van der Waals surface area contributed by atoms with E-state index >= 15 is 0 Å². The van der Waals surface area contributed by atoms with Crippen molar-refractivity contribution in [2.45, 2.75) is 43.4 Å². The summed E-state index contributed by atoms with van der Waals surface area (Å²) in [6.07, 6.45) is 5.22. The maximum atomic E-state index is 13.1. The first-order valence-electron chi connectivity index (χ1n) is 9.70. The third kappa shape index (κ3) is 3.94. The van der Waals surface area contributed by atoms with Gasteiger partial charge >= 0.3 is 0 Å². The van der Waals surface area contributed by atoms with Crippen LogP contribution in [0.15, 0.2) is 11.4 Å². The Labute approximate surface area is 163 Å². The number of hydrogen-bond donors (Lipinski definition) is 2. The largest absolute Gasteiger partial charge is 0.354 e. The minimum absolute atomic E-state index is 0.0213. The molecule has 0 aromatic carbocycles. The highest BCUT2D eigenvalue weighted by molar-refractivity contribution is 8.00. The van der Waals surface area contributed by atoms with E-state index in [-0.39, 0.29) is 23.1 Å². The molecule has 1 aromatic heterocycles. The number of carbonyl (C=O) groups is 2. The molecule has 3 unspecified atom stereocenters. The molecule has 2 amide bonds. The molecule has 5 nitrogen and oxygen atoms in total. The molecule has 0 spiro atoms. The van der Waals surface area contributed by atoms with Crippen molar-refractivity contribution in [2.24, 2.45) is 5.92 Å². The van der Waals surface area contributed by atoms with Gasteiger partial charge in [-0.2, -0.15) is 0 Å². The molecule has 2 N–H and O–H groups in total. The summed E-state index contributed by atoms with van der Waals surface area (Å²) in [6.45, 7) is 3.24. The van der Waals surface area contributed by atoms with Gasteiger partial charge in [0.2, 0.25) is 11.8 Å². The Morgan fingerprint density at radius 1 is 1.31 bits per heavy atom. The van der Waals surface area contributed by atoms with E-state index in [1.165, 1.54) is 10.4 Å². The second kappa shape index (κ2) is 8.31. The molecule has 26 heavy (non-hydrogen) atoms. The lowest BCUT2D eigenvalue weighted by Crippen LogP contribution is -2.47. The molecule has 4 heterocycles. The van der Waals surface area contributed by atoms with Crippen LogP contribution in [0, 0.1) is 5.92 Å². The Bertz CT molecular complexity index is 657. The van der Waals surface area contributed by atoms with Gasteiger partial charge in [0, 0.05) is 24.5 Å².